The van der Waals surface area contributed by atoms with Gasteiger partial charge in [0.05, 0.1) is 19.3 Å². The molecule has 1 heterocycles. The number of amides is 1. The molecule has 1 amide bonds. The fourth-order valence-corrected chi connectivity index (χ4v) is 3.32. The molecular formula is C22H34N2O5. The summed E-state index contributed by atoms with van der Waals surface area (Å²) in [6.45, 7) is 12.0. The maximum absolute atomic E-state index is 12.8. The molecule has 1 fully saturated rings. The molecule has 0 bridgehead atoms. The molecule has 0 spiro atoms. The number of rotatable bonds is 7. The molecule has 2 atom stereocenters. The van der Waals surface area contributed by atoms with Gasteiger partial charge >= 0.3 is 12.1 Å². The molecule has 29 heavy (non-hydrogen) atoms. The Kier molecular flexibility index (Phi) is 7.66. The summed E-state index contributed by atoms with van der Waals surface area (Å²) in [5, 5.41) is 3.28. The average Bonchev–Trinajstić information content (AvgIpc) is 2.92. The second-order valence-electron chi connectivity index (χ2n) is 8.66. The van der Waals surface area contributed by atoms with Crippen molar-refractivity contribution in [3.05, 3.63) is 35.9 Å². The fraction of sp³-hybridized carbons (Fsp3) is 0.636. The SMILES string of the molecule is CCOC(=O)C(Cc1ccccc1)NC[C@H]1COC(C)(C)N1C(=O)OC(C)(C)C. The van der Waals surface area contributed by atoms with Crippen molar-refractivity contribution in [3.8, 4) is 0 Å². The highest BCUT2D eigenvalue weighted by atomic mass is 16.6. The summed E-state index contributed by atoms with van der Waals surface area (Å²) in [6.07, 6.45) is 0.0749. The lowest BCUT2D eigenvalue weighted by atomic mass is 10.1. The predicted molar refractivity (Wildman–Crippen MR) is 110 cm³/mol. The summed E-state index contributed by atoms with van der Waals surface area (Å²) >= 11 is 0. The van der Waals surface area contributed by atoms with E-state index in [1.165, 1.54) is 0 Å². The lowest BCUT2D eigenvalue weighted by Gasteiger charge is -2.35. The van der Waals surface area contributed by atoms with E-state index < -0.39 is 23.5 Å². The molecule has 7 heteroatoms. The first-order valence-corrected chi connectivity index (χ1v) is 10.1. The lowest BCUT2D eigenvalue weighted by molar-refractivity contribution is -0.145. The second kappa shape index (κ2) is 9.59. The van der Waals surface area contributed by atoms with Crippen LogP contribution in [0.4, 0.5) is 4.79 Å². The number of nitrogens with one attached hydrogen (secondary N) is 1. The van der Waals surface area contributed by atoms with Crippen molar-refractivity contribution >= 4 is 12.1 Å². The van der Waals surface area contributed by atoms with Gasteiger partial charge in [0.25, 0.3) is 0 Å². The molecule has 0 aliphatic carbocycles. The molecule has 0 radical (unpaired) electrons. The maximum Gasteiger partial charge on any atom is 0.412 e. The Labute approximate surface area is 173 Å². The number of carbonyl (C=O) groups is 2. The van der Waals surface area contributed by atoms with E-state index in [9.17, 15) is 9.59 Å². The van der Waals surface area contributed by atoms with Gasteiger partial charge in [0.1, 0.15) is 17.4 Å². The molecule has 1 unspecified atom stereocenters. The molecule has 1 aromatic carbocycles. The van der Waals surface area contributed by atoms with Crippen molar-refractivity contribution < 1.29 is 23.8 Å². The third-order valence-electron chi connectivity index (χ3n) is 4.62. The molecule has 0 saturated carbocycles. The quantitative estimate of drug-likeness (QED) is 0.701. The molecule has 2 rings (SSSR count). The number of ether oxygens (including phenoxy) is 3. The third-order valence-corrected chi connectivity index (χ3v) is 4.62. The maximum atomic E-state index is 12.8. The Hall–Kier alpha value is -2.12. The highest BCUT2D eigenvalue weighted by Crippen LogP contribution is 2.29. The zero-order valence-electron chi connectivity index (χ0n) is 18.4. The Morgan fingerprint density at radius 2 is 1.93 bits per heavy atom. The van der Waals surface area contributed by atoms with E-state index in [1.54, 1.807) is 11.8 Å². The number of hydrogen-bond acceptors (Lipinski definition) is 6. The van der Waals surface area contributed by atoms with Crippen LogP contribution in [0.1, 0.15) is 47.1 Å². The van der Waals surface area contributed by atoms with E-state index >= 15 is 0 Å². The molecule has 162 valence electrons. The smallest absolute Gasteiger partial charge is 0.412 e. The summed E-state index contributed by atoms with van der Waals surface area (Å²) in [4.78, 5) is 26.8. The van der Waals surface area contributed by atoms with Crippen LogP contribution < -0.4 is 5.32 Å². The first-order chi connectivity index (χ1) is 13.5. The molecule has 1 saturated heterocycles. The second-order valence-corrected chi connectivity index (χ2v) is 8.66. The summed E-state index contributed by atoms with van der Waals surface area (Å²) in [7, 11) is 0. The number of nitrogens with zero attached hydrogens (tertiary/aromatic N) is 1. The van der Waals surface area contributed by atoms with Gasteiger partial charge in [0, 0.05) is 6.54 Å². The highest BCUT2D eigenvalue weighted by Gasteiger charge is 2.45. The average molecular weight is 407 g/mol. The normalized spacial score (nSPS) is 19.7. The largest absolute Gasteiger partial charge is 0.465 e. The molecular weight excluding hydrogens is 372 g/mol. The first-order valence-electron chi connectivity index (χ1n) is 10.1. The van der Waals surface area contributed by atoms with Gasteiger partial charge in [-0.25, -0.2) is 4.79 Å². The fourth-order valence-electron chi connectivity index (χ4n) is 3.32. The lowest BCUT2D eigenvalue weighted by Crippen LogP contribution is -2.54. The van der Waals surface area contributed by atoms with Crippen LogP contribution >= 0.6 is 0 Å². The predicted octanol–water partition coefficient (Wildman–Crippen LogP) is 3.12. The van der Waals surface area contributed by atoms with Crippen LogP contribution in [0.15, 0.2) is 30.3 Å². The zero-order chi connectivity index (χ0) is 21.7. The van der Waals surface area contributed by atoms with Crippen LogP contribution in [0.5, 0.6) is 0 Å². The molecule has 0 aromatic heterocycles. The summed E-state index contributed by atoms with van der Waals surface area (Å²) in [6, 6.07) is 9.00. The zero-order valence-corrected chi connectivity index (χ0v) is 18.4. The van der Waals surface area contributed by atoms with Crippen molar-refractivity contribution in [3.63, 3.8) is 0 Å². The number of hydrogen-bond donors (Lipinski definition) is 1. The van der Waals surface area contributed by atoms with Crippen molar-refractivity contribution in [2.24, 2.45) is 0 Å². The van der Waals surface area contributed by atoms with Crippen LogP contribution in [0, 0.1) is 0 Å². The van der Waals surface area contributed by atoms with Gasteiger partial charge in [-0.2, -0.15) is 0 Å². The molecule has 1 aliphatic rings. The number of benzene rings is 1. The Morgan fingerprint density at radius 1 is 1.28 bits per heavy atom. The minimum Gasteiger partial charge on any atom is -0.465 e. The van der Waals surface area contributed by atoms with Gasteiger partial charge in [0.2, 0.25) is 0 Å². The number of carbonyl (C=O) groups excluding carboxylic acids is 2. The number of esters is 1. The van der Waals surface area contributed by atoms with Gasteiger partial charge in [-0.3, -0.25) is 9.69 Å². The molecule has 1 N–H and O–H groups in total. The van der Waals surface area contributed by atoms with Crippen molar-refractivity contribution in [1.82, 2.24) is 10.2 Å². The molecule has 1 aliphatic heterocycles. The Bertz CT molecular complexity index is 684. The van der Waals surface area contributed by atoms with E-state index in [0.29, 0.717) is 26.2 Å². The van der Waals surface area contributed by atoms with Gasteiger partial charge in [-0.1, -0.05) is 30.3 Å². The molecule has 7 nitrogen and oxygen atoms in total. The van der Waals surface area contributed by atoms with E-state index in [1.807, 2.05) is 65.0 Å². The Balaban J connectivity index is 2.09. The van der Waals surface area contributed by atoms with Crippen molar-refractivity contribution in [2.75, 3.05) is 19.8 Å². The van der Waals surface area contributed by atoms with Crippen molar-refractivity contribution in [1.29, 1.82) is 0 Å². The van der Waals surface area contributed by atoms with Crippen LogP contribution in [-0.4, -0.2) is 60.1 Å². The third kappa shape index (κ3) is 6.72. The minimum absolute atomic E-state index is 0.257. The van der Waals surface area contributed by atoms with E-state index in [-0.39, 0.29) is 12.0 Å². The minimum atomic E-state index is -0.784. The van der Waals surface area contributed by atoms with Crippen LogP contribution in [0.3, 0.4) is 0 Å². The van der Waals surface area contributed by atoms with E-state index in [2.05, 4.69) is 5.32 Å². The topological polar surface area (TPSA) is 77.1 Å². The molecule has 1 aromatic rings. The monoisotopic (exact) mass is 406 g/mol. The summed E-state index contributed by atoms with van der Waals surface area (Å²) in [5.41, 5.74) is -0.354. The van der Waals surface area contributed by atoms with Gasteiger partial charge < -0.3 is 19.5 Å². The van der Waals surface area contributed by atoms with E-state index in [0.717, 1.165) is 5.56 Å². The highest BCUT2D eigenvalue weighted by molar-refractivity contribution is 5.76. The first kappa shape index (κ1) is 23.2. The van der Waals surface area contributed by atoms with Crippen LogP contribution in [-0.2, 0) is 25.4 Å². The van der Waals surface area contributed by atoms with Crippen molar-refractivity contribution in [2.45, 2.75) is 71.4 Å². The van der Waals surface area contributed by atoms with Crippen LogP contribution in [0.2, 0.25) is 0 Å². The standard InChI is InChI=1S/C22H34N2O5/c1-7-27-19(25)18(13-16-11-9-8-10-12-16)23-14-17-15-28-22(5,6)24(17)20(26)29-21(2,3)4/h8-12,17-18,23H,7,13-15H2,1-6H3/t17-,18?/m0/s1. The Morgan fingerprint density at radius 3 is 2.52 bits per heavy atom. The van der Waals surface area contributed by atoms with E-state index in [4.69, 9.17) is 14.2 Å². The van der Waals surface area contributed by atoms with Crippen LogP contribution in [0.25, 0.3) is 0 Å². The summed E-state index contributed by atoms with van der Waals surface area (Å²) in [5.74, 6) is -0.307. The van der Waals surface area contributed by atoms with Gasteiger partial charge in [0.15, 0.2) is 0 Å². The summed E-state index contributed by atoms with van der Waals surface area (Å²) < 4.78 is 16.6. The van der Waals surface area contributed by atoms with Gasteiger partial charge in [-0.05, 0) is 53.5 Å². The van der Waals surface area contributed by atoms with Gasteiger partial charge in [-0.15, -0.1) is 0 Å².